The molecule has 4 nitrogen and oxygen atoms in total. The lowest BCUT2D eigenvalue weighted by atomic mass is 10.3. The Morgan fingerprint density at radius 1 is 1.36 bits per heavy atom. The van der Waals surface area contributed by atoms with Gasteiger partial charge >= 0.3 is 0 Å². The zero-order valence-corrected chi connectivity index (χ0v) is 8.27. The minimum Gasteiger partial charge on any atom is -0.330 e. The highest BCUT2D eigenvalue weighted by Crippen LogP contribution is 2.07. The molecule has 0 unspecified atom stereocenters. The number of imidazole rings is 1. The summed E-state index contributed by atoms with van der Waals surface area (Å²) in [4.78, 5) is 8.47. The van der Waals surface area contributed by atoms with E-state index in [4.69, 9.17) is 5.73 Å². The molecule has 4 heteroatoms. The van der Waals surface area contributed by atoms with Gasteiger partial charge < -0.3 is 5.73 Å². The zero-order chi connectivity index (χ0) is 9.97. The SMILES string of the molecule is CCc1cnc2ncc(CCN)n2c1. The zero-order valence-electron chi connectivity index (χ0n) is 8.27. The van der Waals surface area contributed by atoms with Gasteiger partial charge in [0.2, 0.25) is 5.78 Å². The number of aromatic nitrogens is 3. The third kappa shape index (κ3) is 1.48. The number of nitrogens with two attached hydrogens (primary N) is 1. The van der Waals surface area contributed by atoms with Crippen molar-refractivity contribution in [1.82, 2.24) is 14.4 Å². The minimum absolute atomic E-state index is 0.643. The van der Waals surface area contributed by atoms with Crippen LogP contribution in [-0.4, -0.2) is 20.9 Å². The predicted molar refractivity (Wildman–Crippen MR) is 55.1 cm³/mol. The minimum atomic E-state index is 0.643. The van der Waals surface area contributed by atoms with Gasteiger partial charge in [-0.3, -0.25) is 4.40 Å². The summed E-state index contributed by atoms with van der Waals surface area (Å²) in [5, 5.41) is 0. The molecule has 14 heavy (non-hydrogen) atoms. The monoisotopic (exact) mass is 190 g/mol. The molecule has 0 atom stereocenters. The second-order valence-electron chi connectivity index (χ2n) is 3.27. The summed E-state index contributed by atoms with van der Waals surface area (Å²) in [6.45, 7) is 2.76. The Morgan fingerprint density at radius 3 is 2.86 bits per heavy atom. The molecule has 0 aliphatic heterocycles. The van der Waals surface area contributed by atoms with Crippen molar-refractivity contribution in [1.29, 1.82) is 0 Å². The summed E-state index contributed by atoms with van der Waals surface area (Å²) in [7, 11) is 0. The molecule has 0 spiro atoms. The van der Waals surface area contributed by atoms with Crippen molar-refractivity contribution in [2.75, 3.05) is 6.54 Å². The van der Waals surface area contributed by atoms with E-state index in [1.165, 1.54) is 5.56 Å². The topological polar surface area (TPSA) is 56.2 Å². The lowest BCUT2D eigenvalue weighted by Crippen LogP contribution is -2.05. The lowest BCUT2D eigenvalue weighted by Gasteiger charge is -2.01. The Balaban J connectivity index is 2.52. The molecule has 0 fully saturated rings. The maximum absolute atomic E-state index is 5.52. The average molecular weight is 190 g/mol. The number of hydrogen-bond acceptors (Lipinski definition) is 3. The fourth-order valence-electron chi connectivity index (χ4n) is 1.48. The first-order valence-electron chi connectivity index (χ1n) is 4.86. The van der Waals surface area contributed by atoms with E-state index >= 15 is 0 Å². The van der Waals surface area contributed by atoms with Gasteiger partial charge in [-0.05, 0) is 18.5 Å². The average Bonchev–Trinajstić information content (AvgIpc) is 2.61. The predicted octanol–water partition coefficient (Wildman–Crippen LogP) is 0.793. The Kier molecular flexibility index (Phi) is 2.45. The Morgan fingerprint density at radius 2 is 2.14 bits per heavy atom. The highest BCUT2D eigenvalue weighted by atomic mass is 15.1. The van der Waals surface area contributed by atoms with Crippen molar-refractivity contribution >= 4 is 5.78 Å². The van der Waals surface area contributed by atoms with E-state index in [-0.39, 0.29) is 0 Å². The highest BCUT2D eigenvalue weighted by molar-refractivity contribution is 5.32. The highest BCUT2D eigenvalue weighted by Gasteiger charge is 2.03. The van der Waals surface area contributed by atoms with Crippen molar-refractivity contribution in [3.05, 3.63) is 29.8 Å². The third-order valence-corrected chi connectivity index (χ3v) is 2.30. The van der Waals surface area contributed by atoms with Gasteiger partial charge in [-0.1, -0.05) is 6.92 Å². The van der Waals surface area contributed by atoms with Crippen molar-refractivity contribution < 1.29 is 0 Å². The van der Waals surface area contributed by atoms with Crippen LogP contribution in [0.2, 0.25) is 0 Å². The van der Waals surface area contributed by atoms with Gasteiger partial charge in [-0.15, -0.1) is 0 Å². The molecule has 0 bridgehead atoms. The smallest absolute Gasteiger partial charge is 0.233 e. The molecule has 2 aromatic heterocycles. The quantitative estimate of drug-likeness (QED) is 0.778. The van der Waals surface area contributed by atoms with Crippen LogP contribution >= 0.6 is 0 Å². The maximum Gasteiger partial charge on any atom is 0.233 e. The van der Waals surface area contributed by atoms with Gasteiger partial charge in [-0.2, -0.15) is 0 Å². The fourth-order valence-corrected chi connectivity index (χ4v) is 1.48. The summed E-state index contributed by atoms with van der Waals surface area (Å²) in [6, 6.07) is 0. The van der Waals surface area contributed by atoms with Gasteiger partial charge in [0.05, 0.1) is 6.20 Å². The van der Waals surface area contributed by atoms with E-state index in [0.29, 0.717) is 6.54 Å². The first-order chi connectivity index (χ1) is 6.85. The van der Waals surface area contributed by atoms with E-state index in [2.05, 4.69) is 23.1 Å². The van der Waals surface area contributed by atoms with Crippen LogP contribution in [0.3, 0.4) is 0 Å². The summed E-state index contributed by atoms with van der Waals surface area (Å²) >= 11 is 0. The van der Waals surface area contributed by atoms with Crippen molar-refractivity contribution in [2.24, 2.45) is 5.73 Å². The second-order valence-corrected chi connectivity index (χ2v) is 3.27. The van der Waals surface area contributed by atoms with Gasteiger partial charge in [-0.25, -0.2) is 9.97 Å². The van der Waals surface area contributed by atoms with Gasteiger partial charge in [0.25, 0.3) is 0 Å². The van der Waals surface area contributed by atoms with Crippen LogP contribution < -0.4 is 5.73 Å². The standard InChI is InChI=1S/C10H14N4/c1-2-8-5-12-10-13-6-9(3-4-11)14(10)7-8/h5-7H,2-4,11H2,1H3. The van der Waals surface area contributed by atoms with E-state index in [0.717, 1.165) is 24.3 Å². The van der Waals surface area contributed by atoms with E-state index in [9.17, 15) is 0 Å². The maximum atomic E-state index is 5.52. The molecule has 0 saturated carbocycles. The molecule has 2 N–H and O–H groups in total. The molecule has 2 rings (SSSR count). The van der Waals surface area contributed by atoms with E-state index in [1.807, 2.05) is 16.8 Å². The molecular weight excluding hydrogens is 176 g/mol. The summed E-state index contributed by atoms with van der Waals surface area (Å²) in [5.41, 5.74) is 7.87. The second kappa shape index (κ2) is 3.75. The molecule has 2 aromatic rings. The number of aryl methyl sites for hydroxylation is 1. The van der Waals surface area contributed by atoms with Gasteiger partial charge in [0.1, 0.15) is 0 Å². The Hall–Kier alpha value is -1.42. The molecule has 0 saturated heterocycles. The molecule has 0 radical (unpaired) electrons. The van der Waals surface area contributed by atoms with E-state index < -0.39 is 0 Å². The number of rotatable bonds is 3. The van der Waals surface area contributed by atoms with Crippen molar-refractivity contribution in [3.63, 3.8) is 0 Å². The van der Waals surface area contributed by atoms with Crippen LogP contribution in [0.15, 0.2) is 18.6 Å². The van der Waals surface area contributed by atoms with Gasteiger partial charge in [0.15, 0.2) is 0 Å². The fraction of sp³-hybridized carbons (Fsp3) is 0.400. The number of fused-ring (bicyclic) bond motifs is 1. The molecule has 0 aromatic carbocycles. The molecular formula is C10H14N4. The molecule has 74 valence electrons. The summed E-state index contributed by atoms with van der Waals surface area (Å²) in [5.74, 6) is 0.755. The van der Waals surface area contributed by atoms with Crippen LogP contribution in [0.25, 0.3) is 5.78 Å². The molecule has 2 heterocycles. The van der Waals surface area contributed by atoms with Crippen LogP contribution in [0.5, 0.6) is 0 Å². The Labute approximate surface area is 82.8 Å². The van der Waals surface area contributed by atoms with Crippen LogP contribution in [-0.2, 0) is 12.8 Å². The normalized spacial score (nSPS) is 11.0. The number of hydrogen-bond donors (Lipinski definition) is 1. The Bertz CT molecular complexity index is 433. The molecule has 0 amide bonds. The molecule has 0 aliphatic rings. The van der Waals surface area contributed by atoms with Crippen LogP contribution in [0, 0.1) is 0 Å². The summed E-state index contributed by atoms with van der Waals surface area (Å²) < 4.78 is 2.02. The van der Waals surface area contributed by atoms with E-state index in [1.54, 1.807) is 0 Å². The van der Waals surface area contributed by atoms with Crippen LogP contribution in [0.1, 0.15) is 18.2 Å². The van der Waals surface area contributed by atoms with Gasteiger partial charge in [0, 0.05) is 24.5 Å². The first-order valence-corrected chi connectivity index (χ1v) is 4.86. The third-order valence-electron chi connectivity index (χ3n) is 2.30. The van der Waals surface area contributed by atoms with Crippen LogP contribution in [0.4, 0.5) is 0 Å². The molecule has 0 aliphatic carbocycles. The van der Waals surface area contributed by atoms with Crippen molar-refractivity contribution in [2.45, 2.75) is 19.8 Å². The lowest BCUT2D eigenvalue weighted by molar-refractivity contribution is 0.889. The number of nitrogens with zero attached hydrogens (tertiary/aromatic N) is 3. The largest absolute Gasteiger partial charge is 0.330 e. The first kappa shape index (κ1) is 9.15. The van der Waals surface area contributed by atoms with Crippen molar-refractivity contribution in [3.8, 4) is 0 Å². The summed E-state index contributed by atoms with van der Waals surface area (Å²) in [6.07, 6.45) is 7.63.